The van der Waals surface area contributed by atoms with E-state index in [0.29, 0.717) is 23.2 Å². The number of nitrogens with one attached hydrogen (secondary N) is 1. The third kappa shape index (κ3) is 2.46. The van der Waals surface area contributed by atoms with Crippen molar-refractivity contribution < 1.29 is 4.39 Å². The molecule has 1 fully saturated rings. The molecule has 0 bridgehead atoms. The molecule has 3 nitrogen and oxygen atoms in total. The average Bonchev–Trinajstić information content (AvgIpc) is 2.40. The Morgan fingerprint density at radius 1 is 1.50 bits per heavy atom. The fourth-order valence-electron chi connectivity index (χ4n) is 2.36. The number of nitrogens with zero attached hydrogens (tertiary/aromatic N) is 2. The Hall–Kier alpha value is -1.60. The summed E-state index contributed by atoms with van der Waals surface area (Å²) >= 11 is 0. The quantitative estimate of drug-likeness (QED) is 0.871. The van der Waals surface area contributed by atoms with Crippen LogP contribution in [0.15, 0.2) is 18.2 Å². The maximum absolute atomic E-state index is 12.9. The monoisotopic (exact) mass is 247 g/mol. The van der Waals surface area contributed by atoms with Crippen molar-refractivity contribution in [2.45, 2.75) is 32.6 Å². The summed E-state index contributed by atoms with van der Waals surface area (Å²) in [5, 5.41) is 12.3. The second-order valence-corrected chi connectivity index (χ2v) is 4.90. The van der Waals surface area contributed by atoms with Crippen molar-refractivity contribution in [3.05, 3.63) is 29.3 Å². The molecule has 0 aliphatic carbocycles. The van der Waals surface area contributed by atoms with Crippen LogP contribution in [0.3, 0.4) is 0 Å². The number of anilines is 1. The Kier molecular flexibility index (Phi) is 3.83. The molecule has 4 heteroatoms. The van der Waals surface area contributed by atoms with E-state index >= 15 is 0 Å². The smallest absolute Gasteiger partial charge is 0.116 e. The second kappa shape index (κ2) is 5.36. The minimum atomic E-state index is -0.591. The first-order chi connectivity index (χ1) is 8.65. The molecule has 1 aliphatic heterocycles. The van der Waals surface area contributed by atoms with E-state index in [1.54, 1.807) is 12.1 Å². The summed E-state index contributed by atoms with van der Waals surface area (Å²) in [7, 11) is 0. The van der Waals surface area contributed by atoms with Crippen molar-refractivity contribution >= 4 is 5.69 Å². The van der Waals surface area contributed by atoms with Gasteiger partial charge in [-0.05, 0) is 32.0 Å². The van der Waals surface area contributed by atoms with Crippen LogP contribution in [0.1, 0.15) is 25.0 Å². The number of rotatable bonds is 2. The van der Waals surface area contributed by atoms with Crippen molar-refractivity contribution in [3.8, 4) is 6.07 Å². The SMILES string of the molecule is CC1CN(c2ccc(C#N)c(CF)c2)C(C)CN1. The van der Waals surface area contributed by atoms with E-state index in [4.69, 9.17) is 5.26 Å². The zero-order valence-electron chi connectivity index (χ0n) is 10.8. The molecule has 1 N–H and O–H groups in total. The van der Waals surface area contributed by atoms with Crippen molar-refractivity contribution in [2.75, 3.05) is 18.0 Å². The highest BCUT2D eigenvalue weighted by Crippen LogP contribution is 2.23. The molecule has 0 spiro atoms. The maximum atomic E-state index is 12.9. The van der Waals surface area contributed by atoms with Gasteiger partial charge in [0.15, 0.2) is 0 Å². The van der Waals surface area contributed by atoms with Crippen LogP contribution in [-0.4, -0.2) is 25.2 Å². The van der Waals surface area contributed by atoms with E-state index in [1.807, 2.05) is 12.1 Å². The lowest BCUT2D eigenvalue weighted by Gasteiger charge is -2.39. The van der Waals surface area contributed by atoms with Gasteiger partial charge in [-0.2, -0.15) is 5.26 Å². The molecule has 2 unspecified atom stereocenters. The van der Waals surface area contributed by atoms with Gasteiger partial charge in [0, 0.05) is 36.4 Å². The van der Waals surface area contributed by atoms with Gasteiger partial charge in [0.25, 0.3) is 0 Å². The summed E-state index contributed by atoms with van der Waals surface area (Å²) in [6.45, 7) is 5.52. The van der Waals surface area contributed by atoms with Gasteiger partial charge in [-0.15, -0.1) is 0 Å². The van der Waals surface area contributed by atoms with Crippen LogP contribution in [-0.2, 0) is 6.67 Å². The van der Waals surface area contributed by atoms with E-state index in [9.17, 15) is 4.39 Å². The lowest BCUT2D eigenvalue weighted by molar-refractivity contribution is 0.424. The number of hydrogen-bond acceptors (Lipinski definition) is 3. The van der Waals surface area contributed by atoms with Gasteiger partial charge in [0.05, 0.1) is 11.6 Å². The number of alkyl halides is 1. The first-order valence-electron chi connectivity index (χ1n) is 6.24. The minimum Gasteiger partial charge on any atom is -0.366 e. The molecule has 0 saturated carbocycles. The zero-order valence-corrected chi connectivity index (χ0v) is 10.8. The highest BCUT2D eigenvalue weighted by molar-refractivity contribution is 5.54. The number of piperazine rings is 1. The molecule has 18 heavy (non-hydrogen) atoms. The van der Waals surface area contributed by atoms with E-state index in [-0.39, 0.29) is 0 Å². The van der Waals surface area contributed by atoms with Crippen LogP contribution in [0.2, 0.25) is 0 Å². The van der Waals surface area contributed by atoms with Crippen LogP contribution in [0, 0.1) is 11.3 Å². The summed E-state index contributed by atoms with van der Waals surface area (Å²) in [5.74, 6) is 0. The molecular formula is C14H18FN3. The standard InChI is InChI=1S/C14H18FN3/c1-10-9-18(11(2)8-17-10)14-4-3-12(7-16)13(5-14)6-15/h3-5,10-11,17H,6,8-9H2,1-2H3. The Labute approximate surface area is 107 Å². The third-order valence-electron chi connectivity index (χ3n) is 3.45. The van der Waals surface area contributed by atoms with Gasteiger partial charge >= 0.3 is 0 Å². The third-order valence-corrected chi connectivity index (χ3v) is 3.45. The minimum absolute atomic E-state index is 0.376. The summed E-state index contributed by atoms with van der Waals surface area (Å²) in [5.41, 5.74) is 1.91. The number of hydrogen-bond donors (Lipinski definition) is 1. The summed E-state index contributed by atoms with van der Waals surface area (Å²) in [6, 6.07) is 8.24. The molecule has 1 aromatic carbocycles. The Bertz CT molecular complexity index is 467. The summed E-state index contributed by atoms with van der Waals surface area (Å²) in [4.78, 5) is 2.27. The van der Waals surface area contributed by atoms with Crippen LogP contribution in [0.4, 0.5) is 10.1 Å². The first kappa shape index (κ1) is 12.8. The maximum Gasteiger partial charge on any atom is 0.116 e. The molecule has 0 amide bonds. The Morgan fingerprint density at radius 3 is 2.94 bits per heavy atom. The molecule has 2 rings (SSSR count). The van der Waals surface area contributed by atoms with Gasteiger partial charge < -0.3 is 10.2 Å². The Balaban J connectivity index is 2.30. The first-order valence-corrected chi connectivity index (χ1v) is 6.24. The molecule has 0 radical (unpaired) electrons. The van der Waals surface area contributed by atoms with Crippen molar-refractivity contribution in [2.24, 2.45) is 0 Å². The predicted molar refractivity (Wildman–Crippen MR) is 70.2 cm³/mol. The number of halogens is 1. The van der Waals surface area contributed by atoms with Gasteiger partial charge in [0.1, 0.15) is 6.67 Å². The second-order valence-electron chi connectivity index (χ2n) is 4.90. The molecule has 0 aromatic heterocycles. The molecule has 1 aliphatic rings. The van der Waals surface area contributed by atoms with E-state index < -0.39 is 6.67 Å². The van der Waals surface area contributed by atoms with Crippen LogP contribution < -0.4 is 10.2 Å². The highest BCUT2D eigenvalue weighted by Gasteiger charge is 2.22. The normalized spacial score (nSPS) is 23.8. The summed E-state index contributed by atoms with van der Waals surface area (Å²) in [6.07, 6.45) is 0. The number of benzene rings is 1. The largest absolute Gasteiger partial charge is 0.366 e. The van der Waals surface area contributed by atoms with Crippen LogP contribution >= 0.6 is 0 Å². The molecule has 1 heterocycles. The van der Waals surface area contributed by atoms with Crippen LogP contribution in [0.25, 0.3) is 0 Å². The topological polar surface area (TPSA) is 39.1 Å². The summed E-state index contributed by atoms with van der Waals surface area (Å²) < 4.78 is 12.9. The van der Waals surface area contributed by atoms with E-state index in [1.165, 1.54) is 0 Å². The molecule has 1 aromatic rings. The predicted octanol–water partition coefficient (Wildman–Crippen LogP) is 2.21. The van der Waals surface area contributed by atoms with E-state index in [0.717, 1.165) is 18.8 Å². The lowest BCUT2D eigenvalue weighted by Crippen LogP contribution is -2.54. The van der Waals surface area contributed by atoms with Gasteiger partial charge in [-0.25, -0.2) is 4.39 Å². The van der Waals surface area contributed by atoms with Crippen LogP contribution in [0.5, 0.6) is 0 Å². The fourth-order valence-corrected chi connectivity index (χ4v) is 2.36. The fraction of sp³-hybridized carbons (Fsp3) is 0.500. The van der Waals surface area contributed by atoms with Crippen molar-refractivity contribution in [1.82, 2.24) is 5.32 Å². The highest BCUT2D eigenvalue weighted by atomic mass is 19.1. The van der Waals surface area contributed by atoms with E-state index in [2.05, 4.69) is 24.1 Å². The molecule has 96 valence electrons. The van der Waals surface area contributed by atoms with Gasteiger partial charge in [0.2, 0.25) is 0 Å². The molecule has 2 atom stereocenters. The van der Waals surface area contributed by atoms with Crippen molar-refractivity contribution in [3.63, 3.8) is 0 Å². The Morgan fingerprint density at radius 2 is 2.28 bits per heavy atom. The molecule has 1 saturated heterocycles. The number of nitriles is 1. The van der Waals surface area contributed by atoms with Crippen molar-refractivity contribution in [1.29, 1.82) is 5.26 Å². The van der Waals surface area contributed by atoms with Gasteiger partial charge in [-0.3, -0.25) is 0 Å². The molecular weight excluding hydrogens is 229 g/mol. The average molecular weight is 247 g/mol. The zero-order chi connectivity index (χ0) is 13.1. The van der Waals surface area contributed by atoms with Gasteiger partial charge in [-0.1, -0.05) is 0 Å². The lowest BCUT2D eigenvalue weighted by atomic mass is 10.1.